The number of anilines is 5. The Morgan fingerprint density at radius 1 is 0.962 bits per heavy atom. The van der Waals surface area contributed by atoms with E-state index in [9.17, 15) is 13.2 Å². The molecule has 3 aliphatic heterocycles. The molecule has 0 spiro atoms. The lowest BCUT2D eigenvalue weighted by molar-refractivity contribution is -0.133. The van der Waals surface area contributed by atoms with E-state index in [0.29, 0.717) is 48.0 Å². The number of benzene rings is 2. The molecular formula is C40H55N7O4S. The van der Waals surface area contributed by atoms with Crippen molar-refractivity contribution in [2.75, 3.05) is 55.2 Å². The molecule has 0 bridgehead atoms. The van der Waals surface area contributed by atoms with Gasteiger partial charge in [-0.2, -0.15) is 9.97 Å². The Morgan fingerprint density at radius 3 is 2.40 bits per heavy atom. The van der Waals surface area contributed by atoms with Crippen molar-refractivity contribution >= 4 is 50.3 Å². The Bertz CT molecular complexity index is 1900. The van der Waals surface area contributed by atoms with E-state index in [0.717, 1.165) is 67.8 Å². The summed E-state index contributed by atoms with van der Waals surface area (Å²) < 4.78 is 33.1. The molecule has 0 radical (unpaired) electrons. The molecule has 12 heteroatoms. The molecule has 3 aliphatic rings. The van der Waals surface area contributed by atoms with Gasteiger partial charge >= 0.3 is 0 Å². The second-order valence-corrected chi connectivity index (χ2v) is 17.4. The third-order valence-corrected chi connectivity index (χ3v) is 12.5. The number of hydrogen-bond donors (Lipinski definition) is 3. The van der Waals surface area contributed by atoms with Crippen LogP contribution in [0.25, 0.3) is 5.57 Å². The van der Waals surface area contributed by atoms with Gasteiger partial charge in [0.05, 0.1) is 39.7 Å². The van der Waals surface area contributed by atoms with Crippen molar-refractivity contribution < 1.29 is 17.9 Å². The molecule has 3 N–H and O–H groups in total. The summed E-state index contributed by atoms with van der Waals surface area (Å²) in [6.07, 6.45) is 8.36. The second-order valence-electron chi connectivity index (χ2n) is 14.9. The Balaban J connectivity index is 1.28. The number of allylic oxidation sites excluding steroid dienone is 1. The van der Waals surface area contributed by atoms with E-state index >= 15 is 0 Å². The summed E-state index contributed by atoms with van der Waals surface area (Å²) in [5.74, 6) is 2.81. The Labute approximate surface area is 309 Å². The van der Waals surface area contributed by atoms with Crippen molar-refractivity contribution in [3.8, 4) is 5.75 Å². The highest BCUT2D eigenvalue weighted by Gasteiger charge is 2.28. The number of aryl methyl sites for hydroxylation is 1. The molecule has 2 fully saturated rings. The van der Waals surface area contributed by atoms with E-state index in [4.69, 9.17) is 14.7 Å². The number of piperidine rings is 2. The van der Waals surface area contributed by atoms with Crippen LogP contribution in [-0.2, 0) is 14.6 Å². The molecule has 6 rings (SSSR count). The van der Waals surface area contributed by atoms with Gasteiger partial charge in [-0.05, 0) is 134 Å². The summed E-state index contributed by atoms with van der Waals surface area (Å²) in [6.45, 7) is 16.4. The van der Waals surface area contributed by atoms with Gasteiger partial charge in [0.15, 0.2) is 9.84 Å². The predicted octanol–water partition coefficient (Wildman–Crippen LogP) is 7.65. The number of hydrogen-bond acceptors (Lipinski definition) is 10. The number of likely N-dealkylation sites (tertiary alicyclic amines) is 2. The predicted molar refractivity (Wildman–Crippen MR) is 210 cm³/mol. The van der Waals surface area contributed by atoms with Gasteiger partial charge in [-0.15, -0.1) is 0 Å². The first-order valence-electron chi connectivity index (χ1n) is 18.9. The van der Waals surface area contributed by atoms with Crippen molar-refractivity contribution in [2.24, 2.45) is 0 Å². The van der Waals surface area contributed by atoms with Crippen molar-refractivity contribution in [3.63, 3.8) is 0 Å². The maximum absolute atomic E-state index is 13.3. The largest absolute Gasteiger partial charge is 0.489 e. The van der Waals surface area contributed by atoms with Gasteiger partial charge in [-0.3, -0.25) is 9.69 Å². The molecule has 2 aromatic carbocycles. The number of nitrogens with one attached hydrogen (secondary N) is 3. The van der Waals surface area contributed by atoms with Crippen molar-refractivity contribution in [3.05, 3.63) is 59.2 Å². The third kappa shape index (κ3) is 8.55. The fraction of sp³-hybridized carbons (Fsp3) is 0.525. The minimum atomic E-state index is -3.57. The van der Waals surface area contributed by atoms with E-state index in [-0.39, 0.29) is 16.9 Å². The fourth-order valence-electron chi connectivity index (χ4n) is 7.45. The van der Waals surface area contributed by atoms with E-state index in [1.54, 1.807) is 32.0 Å². The number of rotatable bonds is 11. The number of fused-ring (bicyclic) bond motifs is 1. The van der Waals surface area contributed by atoms with Gasteiger partial charge in [-0.25, -0.2) is 8.42 Å². The first-order valence-corrected chi connectivity index (χ1v) is 20.5. The second kappa shape index (κ2) is 16.2. The van der Waals surface area contributed by atoms with Crippen molar-refractivity contribution in [1.29, 1.82) is 0 Å². The highest BCUT2D eigenvalue weighted by atomic mass is 32.2. The summed E-state index contributed by atoms with van der Waals surface area (Å²) in [5.41, 5.74) is 5.38. The van der Waals surface area contributed by atoms with E-state index in [2.05, 4.69) is 46.0 Å². The number of para-hydroxylation sites is 1. The first kappa shape index (κ1) is 37.6. The van der Waals surface area contributed by atoms with Crippen LogP contribution in [0.4, 0.5) is 29.0 Å². The standard InChI is InChI=1S/C40H55N7O4S/c1-26(2)51-34-24-31(30-16-21-47(22-17-30)36(48)25-46-19-10-7-11-20-46)29(6)23-33(34)43-40-44-38-37(28(5)13-12-18-41-38)39(45-40)42-32-14-8-9-15-35(32)52(49,50)27(3)4/h8-9,13-15,23-24,26-27,30H,7,10-12,16-22,25H2,1-6H3,(H3,41,42,43,44,45). The molecule has 0 saturated carbocycles. The van der Waals surface area contributed by atoms with Crippen LogP contribution in [0, 0.1) is 6.92 Å². The summed E-state index contributed by atoms with van der Waals surface area (Å²) in [6, 6.07) is 11.2. The van der Waals surface area contributed by atoms with Crippen LogP contribution >= 0.6 is 0 Å². The molecule has 0 unspecified atom stereocenters. The van der Waals surface area contributed by atoms with Crippen LogP contribution in [-0.4, -0.2) is 84.7 Å². The molecule has 280 valence electrons. The number of sulfone groups is 1. The smallest absolute Gasteiger partial charge is 0.236 e. The first-order chi connectivity index (χ1) is 24.9. The van der Waals surface area contributed by atoms with Gasteiger partial charge in [0.1, 0.15) is 17.4 Å². The summed E-state index contributed by atoms with van der Waals surface area (Å²) in [5, 5.41) is 9.71. The maximum Gasteiger partial charge on any atom is 0.236 e. The van der Waals surface area contributed by atoms with Gasteiger partial charge in [0, 0.05) is 19.6 Å². The zero-order chi connectivity index (χ0) is 37.0. The molecule has 3 aromatic rings. The number of ether oxygens (including phenoxy) is 1. The van der Waals surface area contributed by atoms with Crippen molar-refractivity contribution in [2.45, 2.75) is 102 Å². The molecule has 4 heterocycles. The van der Waals surface area contributed by atoms with Gasteiger partial charge < -0.3 is 25.6 Å². The van der Waals surface area contributed by atoms with Gasteiger partial charge in [0.25, 0.3) is 0 Å². The van der Waals surface area contributed by atoms with Crippen LogP contribution < -0.4 is 20.7 Å². The number of nitrogens with zero attached hydrogens (tertiary/aromatic N) is 4. The topological polar surface area (TPSA) is 129 Å². The number of carbonyl (C=O) groups excluding carboxylic acids is 1. The molecule has 2 saturated heterocycles. The van der Waals surface area contributed by atoms with Gasteiger partial charge in [0.2, 0.25) is 11.9 Å². The van der Waals surface area contributed by atoms with Gasteiger partial charge in [-0.1, -0.05) is 24.6 Å². The molecule has 52 heavy (non-hydrogen) atoms. The SMILES string of the molecule is CC1=CCCNc2nc(Nc3cc(C)c(C4CCN(C(=O)CN5CCCCC5)CC4)cc3OC(C)C)nc(Nc3ccccc3S(=O)(=O)C(C)C)c21. The van der Waals surface area contributed by atoms with Crippen LogP contribution in [0.5, 0.6) is 5.75 Å². The number of aromatic nitrogens is 2. The third-order valence-electron chi connectivity index (χ3n) is 10.3. The highest BCUT2D eigenvalue weighted by molar-refractivity contribution is 7.92. The minimum Gasteiger partial charge on any atom is -0.489 e. The van der Waals surface area contributed by atoms with E-state index in [1.807, 2.05) is 31.7 Å². The molecule has 1 amide bonds. The Kier molecular flexibility index (Phi) is 11.7. The lowest BCUT2D eigenvalue weighted by Gasteiger charge is -2.35. The summed E-state index contributed by atoms with van der Waals surface area (Å²) in [7, 11) is -3.57. The van der Waals surface area contributed by atoms with Crippen LogP contribution in [0.15, 0.2) is 47.4 Å². The number of amides is 1. The Morgan fingerprint density at radius 2 is 1.69 bits per heavy atom. The van der Waals surface area contributed by atoms with Crippen LogP contribution in [0.2, 0.25) is 0 Å². The molecule has 11 nitrogen and oxygen atoms in total. The maximum atomic E-state index is 13.3. The molecule has 0 aliphatic carbocycles. The summed E-state index contributed by atoms with van der Waals surface area (Å²) in [4.78, 5) is 27.6. The summed E-state index contributed by atoms with van der Waals surface area (Å²) >= 11 is 0. The molecule has 0 atom stereocenters. The molecule has 1 aromatic heterocycles. The lowest BCUT2D eigenvalue weighted by Crippen LogP contribution is -2.45. The van der Waals surface area contributed by atoms with E-state index < -0.39 is 15.1 Å². The highest BCUT2D eigenvalue weighted by Crippen LogP contribution is 2.40. The molecular weight excluding hydrogens is 675 g/mol. The number of carbonyl (C=O) groups is 1. The lowest BCUT2D eigenvalue weighted by atomic mass is 9.86. The fourth-order valence-corrected chi connectivity index (χ4v) is 8.65. The zero-order valence-corrected chi connectivity index (χ0v) is 32.4. The monoisotopic (exact) mass is 729 g/mol. The van der Waals surface area contributed by atoms with E-state index in [1.165, 1.54) is 24.8 Å². The average molecular weight is 730 g/mol. The average Bonchev–Trinajstić information content (AvgIpc) is 3.30. The van der Waals surface area contributed by atoms with Crippen LogP contribution in [0.3, 0.4) is 0 Å². The van der Waals surface area contributed by atoms with Crippen molar-refractivity contribution in [1.82, 2.24) is 19.8 Å². The van der Waals surface area contributed by atoms with Crippen LogP contribution in [0.1, 0.15) is 95.8 Å². The normalized spacial score (nSPS) is 17.3. The zero-order valence-electron chi connectivity index (χ0n) is 31.6. The Hall–Kier alpha value is -4.16. The minimum absolute atomic E-state index is 0.0654. The quantitative estimate of drug-likeness (QED) is 0.181.